The van der Waals surface area contributed by atoms with Gasteiger partial charge in [0.1, 0.15) is 0 Å². The molecule has 0 aliphatic carbocycles. The molecule has 2 aromatic rings. The lowest BCUT2D eigenvalue weighted by molar-refractivity contribution is 0.592. The van der Waals surface area contributed by atoms with Gasteiger partial charge in [-0.15, -0.1) is 5.10 Å². The lowest BCUT2D eigenvalue weighted by Gasteiger charge is -1.99. The third-order valence-electron chi connectivity index (χ3n) is 2.15. The standard InChI is InChI=1S/C10H8N4O2S/c1-14-7-10(12-13-14)17(15,16)9-4-2-8(6-11)3-5-9/h2-5,7H,1H3. The van der Waals surface area contributed by atoms with Crippen molar-refractivity contribution in [1.29, 1.82) is 5.26 Å². The molecule has 6 nitrogen and oxygen atoms in total. The molecular formula is C10H8N4O2S. The molecule has 2 rings (SSSR count). The third-order valence-corrected chi connectivity index (χ3v) is 3.78. The summed E-state index contributed by atoms with van der Waals surface area (Å²) in [4.78, 5) is 0.0944. The average molecular weight is 248 g/mol. The van der Waals surface area contributed by atoms with E-state index in [2.05, 4.69) is 10.3 Å². The van der Waals surface area contributed by atoms with Crippen LogP contribution in [-0.2, 0) is 16.9 Å². The Morgan fingerprint density at radius 3 is 2.41 bits per heavy atom. The smallest absolute Gasteiger partial charge is 0.227 e. The van der Waals surface area contributed by atoms with Crippen LogP contribution < -0.4 is 0 Å². The highest BCUT2D eigenvalue weighted by molar-refractivity contribution is 7.91. The van der Waals surface area contributed by atoms with Crippen molar-refractivity contribution in [3.63, 3.8) is 0 Å². The molecule has 0 atom stereocenters. The number of hydrogen-bond acceptors (Lipinski definition) is 5. The fourth-order valence-electron chi connectivity index (χ4n) is 1.28. The molecule has 0 unspecified atom stereocenters. The Balaban J connectivity index is 2.49. The van der Waals surface area contributed by atoms with Gasteiger partial charge in [-0.1, -0.05) is 5.21 Å². The zero-order valence-corrected chi connectivity index (χ0v) is 9.72. The summed E-state index contributed by atoms with van der Waals surface area (Å²) in [5.74, 6) is 0. The van der Waals surface area contributed by atoms with E-state index in [1.54, 1.807) is 7.05 Å². The van der Waals surface area contributed by atoms with Crippen molar-refractivity contribution in [2.45, 2.75) is 9.92 Å². The van der Waals surface area contributed by atoms with Crippen LogP contribution in [0.2, 0.25) is 0 Å². The van der Waals surface area contributed by atoms with Gasteiger partial charge >= 0.3 is 0 Å². The first-order valence-electron chi connectivity index (χ1n) is 4.65. The molecule has 0 amide bonds. The summed E-state index contributed by atoms with van der Waals surface area (Å²) in [7, 11) is -2.06. The molecule has 0 radical (unpaired) electrons. The summed E-state index contributed by atoms with van der Waals surface area (Å²) in [5.41, 5.74) is 0.406. The molecule has 1 aromatic heterocycles. The number of nitrogens with zero attached hydrogens (tertiary/aromatic N) is 4. The molecule has 0 fully saturated rings. The van der Waals surface area contributed by atoms with E-state index in [0.717, 1.165) is 0 Å². The molecule has 0 bridgehead atoms. The molecule has 7 heteroatoms. The average Bonchev–Trinajstić information content (AvgIpc) is 2.77. The van der Waals surface area contributed by atoms with Gasteiger partial charge in [-0.3, -0.25) is 4.68 Å². The molecule has 0 N–H and O–H groups in total. The van der Waals surface area contributed by atoms with Gasteiger partial charge in [-0.25, -0.2) is 8.42 Å². The summed E-state index contributed by atoms with van der Waals surface area (Å²) >= 11 is 0. The van der Waals surface area contributed by atoms with Gasteiger partial charge in [0.25, 0.3) is 0 Å². The van der Waals surface area contributed by atoms with Gasteiger partial charge < -0.3 is 0 Å². The highest BCUT2D eigenvalue weighted by Crippen LogP contribution is 2.18. The fourth-order valence-corrected chi connectivity index (χ4v) is 2.45. The maximum atomic E-state index is 12.0. The lowest BCUT2D eigenvalue weighted by atomic mass is 10.2. The second-order valence-corrected chi connectivity index (χ2v) is 5.27. The van der Waals surface area contributed by atoms with Gasteiger partial charge in [0.2, 0.25) is 14.9 Å². The maximum Gasteiger partial charge on any atom is 0.227 e. The molecule has 0 saturated carbocycles. The Hall–Kier alpha value is -2.20. The Bertz CT molecular complexity index is 680. The predicted molar refractivity (Wildman–Crippen MR) is 57.6 cm³/mol. The van der Waals surface area contributed by atoms with Crippen molar-refractivity contribution < 1.29 is 8.42 Å². The lowest BCUT2D eigenvalue weighted by Crippen LogP contribution is -2.02. The Morgan fingerprint density at radius 2 is 1.94 bits per heavy atom. The third kappa shape index (κ3) is 2.03. The highest BCUT2D eigenvalue weighted by Gasteiger charge is 2.20. The van der Waals surface area contributed by atoms with E-state index in [9.17, 15) is 8.42 Å². The number of hydrogen-bond donors (Lipinski definition) is 0. The van der Waals surface area contributed by atoms with E-state index in [1.807, 2.05) is 6.07 Å². The van der Waals surface area contributed by atoms with E-state index in [0.29, 0.717) is 5.56 Å². The number of sulfone groups is 1. The predicted octanol–water partition coefficient (Wildman–Crippen LogP) is 0.520. The van der Waals surface area contributed by atoms with Crippen LogP contribution in [0.15, 0.2) is 40.4 Å². The van der Waals surface area contributed by atoms with Crippen LogP contribution in [0, 0.1) is 11.3 Å². The van der Waals surface area contributed by atoms with Crippen molar-refractivity contribution in [2.24, 2.45) is 7.05 Å². The monoisotopic (exact) mass is 248 g/mol. The highest BCUT2D eigenvalue weighted by atomic mass is 32.2. The molecule has 17 heavy (non-hydrogen) atoms. The summed E-state index contributed by atoms with van der Waals surface area (Å²) in [6, 6.07) is 7.57. The largest absolute Gasteiger partial charge is 0.254 e. The van der Waals surface area contributed by atoms with E-state index in [1.165, 1.54) is 35.1 Å². The summed E-state index contributed by atoms with van der Waals surface area (Å²) < 4.78 is 25.4. The summed E-state index contributed by atoms with van der Waals surface area (Å²) in [6.45, 7) is 0. The first kappa shape index (κ1) is 11.3. The van der Waals surface area contributed by atoms with E-state index in [4.69, 9.17) is 5.26 Å². The molecule has 0 aliphatic rings. The minimum Gasteiger partial charge on any atom is -0.254 e. The van der Waals surface area contributed by atoms with Crippen LogP contribution in [0.5, 0.6) is 0 Å². The Labute approximate surface area is 98.0 Å². The molecular weight excluding hydrogens is 240 g/mol. The van der Waals surface area contributed by atoms with Crippen LogP contribution in [0.1, 0.15) is 5.56 Å². The minimum atomic E-state index is -3.65. The topological polar surface area (TPSA) is 88.6 Å². The first-order chi connectivity index (χ1) is 8.04. The SMILES string of the molecule is Cn1cc(S(=O)(=O)c2ccc(C#N)cc2)nn1. The van der Waals surface area contributed by atoms with E-state index in [-0.39, 0.29) is 9.92 Å². The van der Waals surface area contributed by atoms with Crippen molar-refractivity contribution >= 4 is 9.84 Å². The number of aromatic nitrogens is 3. The van der Waals surface area contributed by atoms with Gasteiger partial charge in [0, 0.05) is 7.05 Å². The van der Waals surface area contributed by atoms with Gasteiger partial charge in [0.05, 0.1) is 22.7 Å². The zero-order valence-electron chi connectivity index (χ0n) is 8.90. The maximum absolute atomic E-state index is 12.0. The normalized spacial score (nSPS) is 11.1. The molecule has 0 saturated heterocycles. The second kappa shape index (κ2) is 3.99. The van der Waals surface area contributed by atoms with Crippen LogP contribution in [-0.4, -0.2) is 23.4 Å². The van der Waals surface area contributed by atoms with Crippen LogP contribution in [0.4, 0.5) is 0 Å². The molecule has 1 aromatic carbocycles. The quantitative estimate of drug-likeness (QED) is 0.773. The summed E-state index contributed by atoms with van der Waals surface area (Å²) in [5, 5.41) is 15.7. The fraction of sp³-hybridized carbons (Fsp3) is 0.100. The zero-order chi connectivity index (χ0) is 12.5. The van der Waals surface area contributed by atoms with E-state index < -0.39 is 9.84 Å². The molecule has 1 heterocycles. The van der Waals surface area contributed by atoms with Gasteiger partial charge in [0.15, 0.2) is 0 Å². The number of benzene rings is 1. The van der Waals surface area contributed by atoms with Gasteiger partial charge in [-0.05, 0) is 24.3 Å². The van der Waals surface area contributed by atoms with Crippen LogP contribution >= 0.6 is 0 Å². The van der Waals surface area contributed by atoms with Crippen molar-refractivity contribution in [2.75, 3.05) is 0 Å². The molecule has 86 valence electrons. The molecule has 0 spiro atoms. The number of aryl methyl sites for hydroxylation is 1. The number of rotatable bonds is 2. The van der Waals surface area contributed by atoms with E-state index >= 15 is 0 Å². The van der Waals surface area contributed by atoms with Gasteiger partial charge in [-0.2, -0.15) is 5.26 Å². The van der Waals surface area contributed by atoms with Crippen molar-refractivity contribution in [3.8, 4) is 6.07 Å². The van der Waals surface area contributed by atoms with Crippen molar-refractivity contribution in [3.05, 3.63) is 36.0 Å². The second-order valence-electron chi connectivity index (χ2n) is 3.37. The first-order valence-corrected chi connectivity index (χ1v) is 6.14. The van der Waals surface area contributed by atoms with Crippen molar-refractivity contribution in [1.82, 2.24) is 15.0 Å². The molecule has 0 aliphatic heterocycles. The minimum absolute atomic E-state index is 0.0944. The Kier molecular flexibility index (Phi) is 2.65. The Morgan fingerprint density at radius 1 is 1.29 bits per heavy atom. The number of nitriles is 1. The summed E-state index contributed by atoms with van der Waals surface area (Å²) in [6.07, 6.45) is 1.33. The van der Waals surface area contributed by atoms with Crippen LogP contribution in [0.25, 0.3) is 0 Å². The van der Waals surface area contributed by atoms with Crippen LogP contribution in [0.3, 0.4) is 0 Å².